The van der Waals surface area contributed by atoms with Crippen LogP contribution in [0.3, 0.4) is 0 Å². The minimum absolute atomic E-state index is 0.143. The Hall–Kier alpha value is -3.45. The number of amides is 1. The first kappa shape index (κ1) is 27.1. The van der Waals surface area contributed by atoms with E-state index in [4.69, 9.17) is 16.3 Å². The van der Waals surface area contributed by atoms with Crippen molar-refractivity contribution in [3.8, 4) is 0 Å². The standard InChI is InChI=1S/C32H33ClN2O4/c1-2-39-30(36)22-35-29-12-6-5-9-27(29)25(26-8-3-4-10-28(26)31(35)37)11-7-19-34-20-17-32(38,18-21-34)23-13-15-24(33)16-14-23/h3-6,8-16,38H,2,7,17-22H2,1H3/b25-11-. The number of fused-ring (bicyclic) bond motifs is 2. The topological polar surface area (TPSA) is 70.1 Å². The number of halogens is 1. The van der Waals surface area contributed by atoms with Crippen molar-refractivity contribution in [1.29, 1.82) is 0 Å². The van der Waals surface area contributed by atoms with Crippen molar-refractivity contribution in [2.24, 2.45) is 0 Å². The number of nitrogens with zero attached hydrogens (tertiary/aromatic N) is 2. The normalized spacial score (nSPS) is 17.9. The maximum absolute atomic E-state index is 13.7. The van der Waals surface area contributed by atoms with Crippen LogP contribution in [0.5, 0.6) is 0 Å². The molecule has 2 aliphatic rings. The molecule has 0 spiro atoms. The van der Waals surface area contributed by atoms with E-state index >= 15 is 0 Å². The lowest BCUT2D eigenvalue weighted by Gasteiger charge is -2.38. The lowest BCUT2D eigenvalue weighted by atomic mass is 9.84. The molecule has 202 valence electrons. The van der Waals surface area contributed by atoms with Crippen LogP contribution in [-0.2, 0) is 15.1 Å². The number of esters is 1. The van der Waals surface area contributed by atoms with Gasteiger partial charge in [0.1, 0.15) is 6.54 Å². The lowest BCUT2D eigenvalue weighted by molar-refractivity contribution is -0.141. The molecule has 1 N–H and O–H groups in total. The average molecular weight is 545 g/mol. The van der Waals surface area contributed by atoms with E-state index in [1.54, 1.807) is 6.92 Å². The zero-order valence-corrected chi connectivity index (χ0v) is 22.9. The number of hydrogen-bond acceptors (Lipinski definition) is 5. The van der Waals surface area contributed by atoms with Crippen molar-refractivity contribution in [3.63, 3.8) is 0 Å². The van der Waals surface area contributed by atoms with Crippen LogP contribution in [0.1, 0.15) is 53.2 Å². The van der Waals surface area contributed by atoms with Crippen LogP contribution in [0, 0.1) is 0 Å². The zero-order valence-electron chi connectivity index (χ0n) is 22.1. The third-order valence-electron chi connectivity index (χ3n) is 7.63. The van der Waals surface area contributed by atoms with Gasteiger partial charge in [-0.1, -0.05) is 66.2 Å². The summed E-state index contributed by atoms with van der Waals surface area (Å²) in [7, 11) is 0. The molecule has 0 saturated carbocycles. The monoisotopic (exact) mass is 544 g/mol. The predicted octanol–water partition coefficient (Wildman–Crippen LogP) is 5.67. The van der Waals surface area contributed by atoms with Crippen LogP contribution in [0.25, 0.3) is 5.57 Å². The summed E-state index contributed by atoms with van der Waals surface area (Å²) in [5, 5.41) is 11.9. The molecule has 5 rings (SSSR count). The number of ether oxygens (including phenoxy) is 1. The molecule has 3 aromatic carbocycles. The van der Waals surface area contributed by atoms with E-state index < -0.39 is 11.6 Å². The molecule has 0 aromatic heterocycles. The summed E-state index contributed by atoms with van der Waals surface area (Å²) < 4.78 is 5.17. The molecule has 3 aromatic rings. The summed E-state index contributed by atoms with van der Waals surface area (Å²) in [5.41, 5.74) is 4.10. The number of carbonyl (C=O) groups is 2. The third-order valence-corrected chi connectivity index (χ3v) is 7.88. The van der Waals surface area contributed by atoms with Gasteiger partial charge in [0.25, 0.3) is 5.91 Å². The molecule has 1 fully saturated rings. The van der Waals surface area contributed by atoms with Gasteiger partial charge in [0.15, 0.2) is 0 Å². The van der Waals surface area contributed by atoms with Gasteiger partial charge >= 0.3 is 5.97 Å². The molecular formula is C32H33ClN2O4. The Morgan fingerprint density at radius 2 is 1.62 bits per heavy atom. The Morgan fingerprint density at radius 3 is 2.31 bits per heavy atom. The molecule has 0 unspecified atom stereocenters. The first-order valence-corrected chi connectivity index (χ1v) is 13.8. The second-order valence-corrected chi connectivity index (χ2v) is 10.5. The third kappa shape index (κ3) is 5.78. The van der Waals surface area contributed by atoms with Crippen LogP contribution >= 0.6 is 11.6 Å². The van der Waals surface area contributed by atoms with Crippen molar-refractivity contribution in [2.45, 2.75) is 31.8 Å². The van der Waals surface area contributed by atoms with Gasteiger partial charge in [-0.05, 0) is 67.2 Å². The number of likely N-dealkylation sites (tertiary alicyclic amines) is 1. The highest BCUT2D eigenvalue weighted by Gasteiger charge is 2.34. The molecule has 0 atom stereocenters. The maximum atomic E-state index is 13.7. The van der Waals surface area contributed by atoms with Crippen LogP contribution in [0.2, 0.25) is 5.02 Å². The van der Waals surface area contributed by atoms with Gasteiger partial charge < -0.3 is 14.7 Å². The zero-order chi connectivity index (χ0) is 27.4. The van der Waals surface area contributed by atoms with Crippen molar-refractivity contribution < 1.29 is 19.4 Å². The molecule has 1 saturated heterocycles. The SMILES string of the molecule is CCOC(=O)CN1C(=O)c2ccccc2/C(=C/CCN2CCC(O)(c3ccc(Cl)cc3)CC2)c2ccccc21. The fourth-order valence-electron chi connectivity index (χ4n) is 5.54. The van der Waals surface area contributed by atoms with E-state index in [9.17, 15) is 14.7 Å². The maximum Gasteiger partial charge on any atom is 0.326 e. The van der Waals surface area contributed by atoms with Gasteiger partial charge in [-0.15, -0.1) is 0 Å². The molecule has 2 aliphatic heterocycles. The lowest BCUT2D eigenvalue weighted by Crippen LogP contribution is -2.42. The number of hydrogen-bond donors (Lipinski definition) is 1. The van der Waals surface area contributed by atoms with Gasteiger partial charge in [0.2, 0.25) is 0 Å². The van der Waals surface area contributed by atoms with E-state index in [2.05, 4.69) is 11.0 Å². The quantitative estimate of drug-likeness (QED) is 0.388. The van der Waals surface area contributed by atoms with Gasteiger partial charge in [-0.3, -0.25) is 14.5 Å². The van der Waals surface area contributed by atoms with Crippen molar-refractivity contribution in [3.05, 3.63) is 106 Å². The van der Waals surface area contributed by atoms with E-state index in [-0.39, 0.29) is 19.1 Å². The average Bonchev–Trinajstić information content (AvgIpc) is 3.04. The van der Waals surface area contributed by atoms with E-state index in [0.717, 1.165) is 48.3 Å². The summed E-state index contributed by atoms with van der Waals surface area (Å²) in [4.78, 5) is 30.0. The van der Waals surface area contributed by atoms with Crippen LogP contribution in [0.4, 0.5) is 5.69 Å². The molecule has 7 heteroatoms. The Bertz CT molecular complexity index is 1380. The minimum atomic E-state index is -0.832. The van der Waals surface area contributed by atoms with Gasteiger partial charge in [-0.2, -0.15) is 0 Å². The first-order chi connectivity index (χ1) is 18.9. The number of piperidine rings is 1. The molecule has 2 heterocycles. The fraction of sp³-hybridized carbons (Fsp3) is 0.312. The van der Waals surface area contributed by atoms with Crippen LogP contribution in [-0.4, -0.2) is 54.7 Å². The number of anilines is 1. The van der Waals surface area contributed by atoms with Crippen LogP contribution in [0.15, 0.2) is 78.9 Å². The number of aliphatic hydroxyl groups is 1. The van der Waals surface area contributed by atoms with E-state index in [1.165, 1.54) is 4.90 Å². The van der Waals surface area contributed by atoms with E-state index in [1.807, 2.05) is 72.8 Å². The Kier molecular flexibility index (Phi) is 8.17. The number of carbonyl (C=O) groups excluding carboxylic acids is 2. The second-order valence-electron chi connectivity index (χ2n) is 10.0. The molecule has 0 aliphatic carbocycles. The van der Waals surface area contributed by atoms with Crippen molar-refractivity contribution in [1.82, 2.24) is 4.90 Å². The van der Waals surface area contributed by atoms with Gasteiger partial charge in [-0.25, -0.2) is 0 Å². The highest BCUT2D eigenvalue weighted by atomic mass is 35.5. The van der Waals surface area contributed by atoms with Crippen molar-refractivity contribution in [2.75, 3.05) is 37.7 Å². The molecule has 39 heavy (non-hydrogen) atoms. The fourth-order valence-corrected chi connectivity index (χ4v) is 5.67. The summed E-state index contributed by atoms with van der Waals surface area (Å²) in [6.45, 7) is 4.30. The number of para-hydroxylation sites is 1. The van der Waals surface area contributed by atoms with Gasteiger partial charge in [0, 0.05) is 35.8 Å². The smallest absolute Gasteiger partial charge is 0.326 e. The van der Waals surface area contributed by atoms with Crippen molar-refractivity contribution >= 4 is 34.7 Å². The molecule has 0 radical (unpaired) electrons. The number of benzene rings is 3. The van der Waals surface area contributed by atoms with Crippen LogP contribution < -0.4 is 4.90 Å². The Balaban J connectivity index is 1.36. The predicted molar refractivity (Wildman–Crippen MR) is 154 cm³/mol. The highest BCUT2D eigenvalue weighted by molar-refractivity contribution is 6.30. The largest absolute Gasteiger partial charge is 0.465 e. The summed E-state index contributed by atoms with van der Waals surface area (Å²) in [6, 6.07) is 22.8. The Labute approximate surface area is 234 Å². The Morgan fingerprint density at radius 1 is 0.974 bits per heavy atom. The first-order valence-electron chi connectivity index (χ1n) is 13.5. The molecule has 1 amide bonds. The minimum Gasteiger partial charge on any atom is -0.465 e. The number of rotatable bonds is 7. The highest BCUT2D eigenvalue weighted by Crippen LogP contribution is 2.38. The van der Waals surface area contributed by atoms with E-state index in [0.29, 0.717) is 29.1 Å². The molecule has 0 bridgehead atoms. The summed E-state index contributed by atoms with van der Waals surface area (Å²) >= 11 is 6.03. The molecule has 6 nitrogen and oxygen atoms in total. The molecular weight excluding hydrogens is 512 g/mol. The summed E-state index contributed by atoms with van der Waals surface area (Å²) in [6.07, 6.45) is 4.30. The second kappa shape index (κ2) is 11.7. The van der Waals surface area contributed by atoms with Gasteiger partial charge in [0.05, 0.1) is 17.9 Å². The summed E-state index contributed by atoms with van der Waals surface area (Å²) in [5.74, 6) is -0.652.